The SMILES string of the molecule is O=C(COc1ccccc1)NCCc1nc2ccccc2n1CCCCOc1ccccc1Cl. The number of nitrogens with zero attached hydrogens (tertiary/aromatic N) is 2. The van der Waals surface area contributed by atoms with Crippen molar-refractivity contribution < 1.29 is 14.3 Å². The first kappa shape index (κ1) is 23.6. The zero-order chi connectivity index (χ0) is 23.6. The number of ether oxygens (including phenoxy) is 2. The van der Waals surface area contributed by atoms with Gasteiger partial charge < -0.3 is 19.4 Å². The molecule has 4 aromatic rings. The molecule has 0 aliphatic carbocycles. The maximum Gasteiger partial charge on any atom is 0.257 e. The molecular formula is C27H28ClN3O3. The number of rotatable bonds is 12. The summed E-state index contributed by atoms with van der Waals surface area (Å²) in [5.41, 5.74) is 2.06. The summed E-state index contributed by atoms with van der Waals surface area (Å²) in [5, 5.41) is 3.55. The topological polar surface area (TPSA) is 65.4 Å². The third kappa shape index (κ3) is 6.51. The number of benzene rings is 3. The van der Waals surface area contributed by atoms with E-state index in [4.69, 9.17) is 26.1 Å². The molecule has 1 N–H and O–H groups in total. The van der Waals surface area contributed by atoms with Gasteiger partial charge in [0, 0.05) is 19.5 Å². The first-order valence-corrected chi connectivity index (χ1v) is 11.8. The van der Waals surface area contributed by atoms with Crippen molar-refractivity contribution in [3.05, 3.63) is 89.7 Å². The van der Waals surface area contributed by atoms with Crippen LogP contribution in [0, 0.1) is 0 Å². The fraction of sp³-hybridized carbons (Fsp3) is 0.259. The van der Waals surface area contributed by atoms with Gasteiger partial charge >= 0.3 is 0 Å². The van der Waals surface area contributed by atoms with Crippen LogP contribution >= 0.6 is 11.6 Å². The molecule has 1 aromatic heterocycles. The number of nitrogens with one attached hydrogen (secondary N) is 1. The van der Waals surface area contributed by atoms with E-state index >= 15 is 0 Å². The van der Waals surface area contributed by atoms with Gasteiger partial charge in [-0.2, -0.15) is 0 Å². The largest absolute Gasteiger partial charge is 0.492 e. The van der Waals surface area contributed by atoms with Crippen molar-refractivity contribution in [2.45, 2.75) is 25.8 Å². The summed E-state index contributed by atoms with van der Waals surface area (Å²) in [6.07, 6.45) is 2.47. The monoisotopic (exact) mass is 477 g/mol. The van der Waals surface area contributed by atoms with Crippen LogP contribution in [-0.4, -0.2) is 35.2 Å². The Bertz CT molecular complexity index is 1210. The summed E-state index contributed by atoms with van der Waals surface area (Å²) in [7, 11) is 0. The summed E-state index contributed by atoms with van der Waals surface area (Å²) in [4.78, 5) is 17.0. The number of imidazole rings is 1. The summed E-state index contributed by atoms with van der Waals surface area (Å²) in [5.74, 6) is 2.20. The fourth-order valence-corrected chi connectivity index (χ4v) is 3.90. The summed E-state index contributed by atoms with van der Waals surface area (Å²) in [6, 6.07) is 24.9. The molecule has 0 atom stereocenters. The van der Waals surface area contributed by atoms with Gasteiger partial charge in [-0.15, -0.1) is 0 Å². The maximum atomic E-state index is 12.2. The number of fused-ring (bicyclic) bond motifs is 1. The Morgan fingerprint density at radius 3 is 2.53 bits per heavy atom. The zero-order valence-electron chi connectivity index (χ0n) is 19.0. The number of aromatic nitrogens is 2. The van der Waals surface area contributed by atoms with Gasteiger partial charge in [-0.3, -0.25) is 4.79 Å². The Balaban J connectivity index is 1.27. The van der Waals surface area contributed by atoms with Crippen LogP contribution in [0.4, 0.5) is 0 Å². The van der Waals surface area contributed by atoms with Crippen molar-refractivity contribution in [1.82, 2.24) is 14.9 Å². The second-order valence-corrected chi connectivity index (χ2v) is 8.26. The number of carbonyl (C=O) groups is 1. The van der Waals surface area contributed by atoms with E-state index < -0.39 is 0 Å². The average molecular weight is 478 g/mol. The number of hydrogen-bond acceptors (Lipinski definition) is 4. The van der Waals surface area contributed by atoms with E-state index in [9.17, 15) is 4.79 Å². The molecule has 1 heterocycles. The second-order valence-electron chi connectivity index (χ2n) is 7.86. The van der Waals surface area contributed by atoms with Crippen molar-refractivity contribution in [3.8, 4) is 11.5 Å². The van der Waals surface area contributed by atoms with E-state index in [-0.39, 0.29) is 12.5 Å². The van der Waals surface area contributed by atoms with Gasteiger partial charge in [0.1, 0.15) is 17.3 Å². The lowest BCUT2D eigenvalue weighted by molar-refractivity contribution is -0.123. The quantitative estimate of drug-likeness (QED) is 0.282. The van der Waals surface area contributed by atoms with Gasteiger partial charge in [0.2, 0.25) is 0 Å². The van der Waals surface area contributed by atoms with Gasteiger partial charge in [-0.25, -0.2) is 4.98 Å². The number of hydrogen-bond donors (Lipinski definition) is 1. The summed E-state index contributed by atoms with van der Waals surface area (Å²) in [6.45, 7) is 1.91. The molecule has 0 saturated heterocycles. The van der Waals surface area contributed by atoms with E-state index in [1.807, 2.05) is 72.8 Å². The van der Waals surface area contributed by atoms with E-state index in [1.165, 1.54) is 0 Å². The number of halogens is 1. The van der Waals surface area contributed by atoms with Crippen molar-refractivity contribution >= 4 is 28.5 Å². The van der Waals surface area contributed by atoms with Gasteiger partial charge in [0.15, 0.2) is 6.61 Å². The Morgan fingerprint density at radius 2 is 1.68 bits per heavy atom. The normalized spacial score (nSPS) is 10.9. The minimum atomic E-state index is -0.150. The highest BCUT2D eigenvalue weighted by molar-refractivity contribution is 6.32. The Hall–Kier alpha value is -3.51. The van der Waals surface area contributed by atoms with Gasteiger partial charge in [-0.1, -0.05) is 54.1 Å². The first-order valence-electron chi connectivity index (χ1n) is 11.5. The number of carbonyl (C=O) groups excluding carboxylic acids is 1. The number of amides is 1. The molecular weight excluding hydrogens is 450 g/mol. The van der Waals surface area contributed by atoms with E-state index in [1.54, 1.807) is 0 Å². The highest BCUT2D eigenvalue weighted by atomic mass is 35.5. The van der Waals surface area contributed by atoms with E-state index in [0.29, 0.717) is 36.1 Å². The molecule has 0 fully saturated rings. The van der Waals surface area contributed by atoms with Crippen molar-refractivity contribution in [1.29, 1.82) is 0 Å². The fourth-order valence-electron chi connectivity index (χ4n) is 3.71. The van der Waals surface area contributed by atoms with Crippen LogP contribution in [0.25, 0.3) is 11.0 Å². The van der Waals surface area contributed by atoms with E-state index in [2.05, 4.69) is 16.0 Å². The first-order chi connectivity index (χ1) is 16.7. The lowest BCUT2D eigenvalue weighted by Crippen LogP contribution is -2.31. The summed E-state index contributed by atoms with van der Waals surface area (Å²) >= 11 is 6.15. The van der Waals surface area contributed by atoms with Crippen LogP contribution in [-0.2, 0) is 17.8 Å². The molecule has 0 spiro atoms. The molecule has 0 bridgehead atoms. The van der Waals surface area contributed by atoms with Crippen LogP contribution in [0.2, 0.25) is 5.02 Å². The molecule has 0 aliphatic heterocycles. The Labute approximate surface area is 204 Å². The predicted molar refractivity (Wildman–Crippen MR) is 135 cm³/mol. The average Bonchev–Trinajstić information content (AvgIpc) is 3.21. The molecule has 0 saturated carbocycles. The van der Waals surface area contributed by atoms with Gasteiger partial charge in [-0.05, 0) is 49.2 Å². The van der Waals surface area contributed by atoms with Crippen LogP contribution in [0.5, 0.6) is 11.5 Å². The third-order valence-electron chi connectivity index (χ3n) is 5.39. The van der Waals surface area contributed by atoms with Gasteiger partial charge in [0.05, 0.1) is 22.7 Å². The predicted octanol–water partition coefficient (Wildman–Crippen LogP) is 5.29. The molecule has 176 valence electrons. The third-order valence-corrected chi connectivity index (χ3v) is 5.70. The molecule has 6 nitrogen and oxygen atoms in total. The molecule has 4 rings (SSSR count). The van der Waals surface area contributed by atoms with Crippen molar-refractivity contribution in [3.63, 3.8) is 0 Å². The number of aryl methyl sites for hydroxylation is 1. The Morgan fingerprint density at radius 1 is 0.912 bits per heavy atom. The molecule has 0 aliphatic rings. The Kier molecular flexibility index (Phi) is 8.41. The minimum absolute atomic E-state index is 0.00808. The lowest BCUT2D eigenvalue weighted by Gasteiger charge is -2.11. The standard InChI is InChI=1S/C27H28ClN3O3/c28-22-12-4-7-15-25(22)33-19-9-8-18-31-24-14-6-5-13-23(24)30-26(31)16-17-29-27(32)20-34-21-10-2-1-3-11-21/h1-7,10-15H,8-9,16-20H2,(H,29,32). The van der Waals surface area contributed by atoms with Gasteiger partial charge in [0.25, 0.3) is 5.91 Å². The highest BCUT2D eigenvalue weighted by Gasteiger charge is 2.11. The highest BCUT2D eigenvalue weighted by Crippen LogP contribution is 2.23. The molecule has 0 unspecified atom stereocenters. The number of para-hydroxylation sites is 4. The number of unbranched alkanes of at least 4 members (excludes halogenated alkanes) is 1. The minimum Gasteiger partial charge on any atom is -0.492 e. The van der Waals surface area contributed by atoms with Crippen LogP contribution in [0.1, 0.15) is 18.7 Å². The summed E-state index contributed by atoms with van der Waals surface area (Å²) < 4.78 is 13.5. The second kappa shape index (κ2) is 12.1. The van der Waals surface area contributed by atoms with Crippen molar-refractivity contribution in [2.24, 2.45) is 0 Å². The van der Waals surface area contributed by atoms with Crippen molar-refractivity contribution in [2.75, 3.05) is 19.8 Å². The van der Waals surface area contributed by atoms with Crippen LogP contribution in [0.3, 0.4) is 0 Å². The molecule has 3 aromatic carbocycles. The van der Waals surface area contributed by atoms with Crippen LogP contribution in [0.15, 0.2) is 78.9 Å². The molecule has 34 heavy (non-hydrogen) atoms. The molecule has 0 radical (unpaired) electrons. The van der Waals surface area contributed by atoms with Crippen LogP contribution < -0.4 is 14.8 Å². The molecule has 7 heteroatoms. The zero-order valence-corrected chi connectivity index (χ0v) is 19.7. The lowest BCUT2D eigenvalue weighted by atomic mass is 10.3. The molecule has 1 amide bonds. The smallest absolute Gasteiger partial charge is 0.257 e. The van der Waals surface area contributed by atoms with E-state index in [0.717, 1.165) is 36.2 Å². The maximum absolute atomic E-state index is 12.2.